The van der Waals surface area contributed by atoms with Crippen LogP contribution in [0.15, 0.2) is 48.5 Å². The maximum atomic E-state index is 11.0. The molecule has 1 aliphatic carbocycles. The number of unbranched alkanes of at least 4 members (excludes halogenated alkanes) is 1. The zero-order valence-corrected chi connectivity index (χ0v) is 13.0. The number of hydrogen-bond donors (Lipinski definition) is 2. The van der Waals surface area contributed by atoms with E-state index in [9.17, 15) is 5.11 Å². The van der Waals surface area contributed by atoms with E-state index >= 15 is 0 Å². The Kier molecular flexibility index (Phi) is 4.60. The van der Waals surface area contributed by atoms with Crippen LogP contribution in [0.1, 0.15) is 47.9 Å². The number of aryl methyl sites for hydroxylation is 1. The van der Waals surface area contributed by atoms with Gasteiger partial charge in [-0.25, -0.2) is 0 Å². The molecule has 0 aliphatic heterocycles. The SMILES string of the molecule is OCCCCC1(O)CCc2ccc(Cc3ccccc3)cc21. The molecule has 2 aromatic rings. The lowest BCUT2D eigenvalue weighted by molar-refractivity contribution is 0.0257. The molecule has 0 amide bonds. The third-order valence-electron chi connectivity index (χ3n) is 4.73. The van der Waals surface area contributed by atoms with Crippen molar-refractivity contribution in [2.75, 3.05) is 6.61 Å². The van der Waals surface area contributed by atoms with E-state index in [1.165, 1.54) is 16.7 Å². The molecule has 1 atom stereocenters. The fraction of sp³-hybridized carbons (Fsp3) is 0.400. The fourth-order valence-electron chi connectivity index (χ4n) is 3.48. The Morgan fingerprint density at radius 3 is 2.55 bits per heavy atom. The highest BCUT2D eigenvalue weighted by Gasteiger charge is 2.35. The van der Waals surface area contributed by atoms with Crippen molar-refractivity contribution in [1.82, 2.24) is 0 Å². The lowest BCUT2D eigenvalue weighted by atomic mass is 9.88. The maximum Gasteiger partial charge on any atom is 0.0902 e. The summed E-state index contributed by atoms with van der Waals surface area (Å²) < 4.78 is 0. The van der Waals surface area contributed by atoms with Crippen LogP contribution in [0.3, 0.4) is 0 Å². The Hall–Kier alpha value is -1.64. The molecule has 2 aromatic carbocycles. The molecular weight excluding hydrogens is 272 g/mol. The molecule has 3 rings (SSSR count). The molecule has 22 heavy (non-hydrogen) atoms. The zero-order valence-electron chi connectivity index (χ0n) is 13.0. The fourth-order valence-corrected chi connectivity index (χ4v) is 3.48. The van der Waals surface area contributed by atoms with Gasteiger partial charge < -0.3 is 10.2 Å². The topological polar surface area (TPSA) is 40.5 Å². The number of benzene rings is 2. The molecule has 2 nitrogen and oxygen atoms in total. The van der Waals surface area contributed by atoms with E-state index in [-0.39, 0.29) is 6.61 Å². The molecule has 0 aromatic heterocycles. The number of rotatable bonds is 6. The molecule has 116 valence electrons. The molecule has 0 saturated heterocycles. The van der Waals surface area contributed by atoms with Crippen LogP contribution in [0.25, 0.3) is 0 Å². The summed E-state index contributed by atoms with van der Waals surface area (Å²) in [5.74, 6) is 0. The van der Waals surface area contributed by atoms with E-state index in [4.69, 9.17) is 5.11 Å². The van der Waals surface area contributed by atoms with E-state index < -0.39 is 5.60 Å². The zero-order chi connectivity index (χ0) is 15.4. The molecule has 0 radical (unpaired) electrons. The van der Waals surface area contributed by atoms with Gasteiger partial charge in [0.1, 0.15) is 0 Å². The van der Waals surface area contributed by atoms with E-state index in [1.54, 1.807) is 0 Å². The molecular formula is C20H24O2. The minimum absolute atomic E-state index is 0.205. The summed E-state index contributed by atoms with van der Waals surface area (Å²) >= 11 is 0. The van der Waals surface area contributed by atoms with E-state index in [0.29, 0.717) is 0 Å². The molecule has 1 unspecified atom stereocenters. The summed E-state index contributed by atoms with van der Waals surface area (Å²) in [4.78, 5) is 0. The van der Waals surface area contributed by atoms with Crippen LogP contribution in [0, 0.1) is 0 Å². The molecule has 1 aliphatic rings. The lowest BCUT2D eigenvalue weighted by Crippen LogP contribution is -2.22. The van der Waals surface area contributed by atoms with Crippen molar-refractivity contribution in [3.8, 4) is 0 Å². The average molecular weight is 296 g/mol. The molecule has 0 saturated carbocycles. The van der Waals surface area contributed by atoms with Gasteiger partial charge in [0.2, 0.25) is 0 Å². The van der Waals surface area contributed by atoms with E-state index in [0.717, 1.165) is 44.1 Å². The van der Waals surface area contributed by atoms with Gasteiger partial charge in [-0.3, -0.25) is 0 Å². The Morgan fingerprint density at radius 2 is 1.77 bits per heavy atom. The predicted octanol–water partition coefficient (Wildman–Crippen LogP) is 3.57. The van der Waals surface area contributed by atoms with Crippen molar-refractivity contribution in [2.24, 2.45) is 0 Å². The number of aliphatic hydroxyl groups is 2. The first kappa shape index (κ1) is 15.3. The van der Waals surface area contributed by atoms with Crippen LogP contribution >= 0.6 is 0 Å². The minimum Gasteiger partial charge on any atom is -0.396 e. The summed E-state index contributed by atoms with van der Waals surface area (Å²) in [7, 11) is 0. The van der Waals surface area contributed by atoms with Crippen molar-refractivity contribution in [3.63, 3.8) is 0 Å². The van der Waals surface area contributed by atoms with Crippen LogP contribution in [-0.2, 0) is 18.4 Å². The van der Waals surface area contributed by atoms with Gasteiger partial charge in [-0.05, 0) is 60.8 Å². The van der Waals surface area contributed by atoms with Crippen molar-refractivity contribution in [2.45, 2.75) is 44.1 Å². The average Bonchev–Trinajstić information content (AvgIpc) is 2.86. The predicted molar refractivity (Wildman–Crippen MR) is 88.8 cm³/mol. The second-order valence-corrected chi connectivity index (χ2v) is 6.37. The monoisotopic (exact) mass is 296 g/mol. The molecule has 0 spiro atoms. The summed E-state index contributed by atoms with van der Waals surface area (Å²) in [6, 6.07) is 17.0. The number of aliphatic hydroxyl groups excluding tert-OH is 1. The van der Waals surface area contributed by atoms with Gasteiger partial charge in [-0.1, -0.05) is 48.5 Å². The Balaban J connectivity index is 1.80. The van der Waals surface area contributed by atoms with E-state index in [2.05, 4.69) is 42.5 Å². The smallest absolute Gasteiger partial charge is 0.0902 e. The molecule has 0 bridgehead atoms. The summed E-state index contributed by atoms with van der Waals surface area (Å²) in [6.45, 7) is 0.205. The second-order valence-electron chi connectivity index (χ2n) is 6.37. The largest absolute Gasteiger partial charge is 0.396 e. The van der Waals surface area contributed by atoms with Gasteiger partial charge in [0.15, 0.2) is 0 Å². The van der Waals surface area contributed by atoms with Gasteiger partial charge in [0.05, 0.1) is 5.60 Å². The van der Waals surface area contributed by atoms with Gasteiger partial charge in [-0.15, -0.1) is 0 Å². The van der Waals surface area contributed by atoms with Gasteiger partial charge in [0.25, 0.3) is 0 Å². The number of hydrogen-bond acceptors (Lipinski definition) is 2. The lowest BCUT2D eigenvalue weighted by Gasteiger charge is -2.24. The van der Waals surface area contributed by atoms with Crippen LogP contribution in [0.4, 0.5) is 0 Å². The summed E-state index contributed by atoms with van der Waals surface area (Å²) in [6.07, 6.45) is 5.05. The first-order chi connectivity index (χ1) is 10.7. The maximum absolute atomic E-state index is 11.0. The molecule has 0 heterocycles. The van der Waals surface area contributed by atoms with Crippen molar-refractivity contribution >= 4 is 0 Å². The first-order valence-electron chi connectivity index (χ1n) is 8.21. The third kappa shape index (κ3) is 3.23. The Bertz CT molecular complexity index is 621. The van der Waals surface area contributed by atoms with Crippen LogP contribution in [-0.4, -0.2) is 16.8 Å². The van der Waals surface area contributed by atoms with Crippen LogP contribution in [0.2, 0.25) is 0 Å². The van der Waals surface area contributed by atoms with Gasteiger partial charge >= 0.3 is 0 Å². The quantitative estimate of drug-likeness (QED) is 0.800. The minimum atomic E-state index is -0.697. The standard InChI is InChI=1S/C20H24O2/c21-13-5-4-11-20(22)12-10-18-9-8-17(15-19(18)20)14-16-6-2-1-3-7-16/h1-3,6-9,15,21-22H,4-5,10-14H2. The summed E-state index contributed by atoms with van der Waals surface area (Å²) in [5.41, 5.74) is 4.25. The van der Waals surface area contributed by atoms with E-state index in [1.807, 2.05) is 6.07 Å². The highest BCUT2D eigenvalue weighted by atomic mass is 16.3. The van der Waals surface area contributed by atoms with Crippen molar-refractivity contribution in [3.05, 3.63) is 70.8 Å². The van der Waals surface area contributed by atoms with Crippen molar-refractivity contribution < 1.29 is 10.2 Å². The molecule has 2 N–H and O–H groups in total. The first-order valence-corrected chi connectivity index (χ1v) is 8.21. The highest BCUT2D eigenvalue weighted by molar-refractivity contribution is 5.41. The number of fused-ring (bicyclic) bond motifs is 1. The Morgan fingerprint density at radius 1 is 0.955 bits per heavy atom. The Labute approximate surface area is 132 Å². The van der Waals surface area contributed by atoms with Gasteiger partial charge in [-0.2, -0.15) is 0 Å². The molecule has 2 heteroatoms. The third-order valence-corrected chi connectivity index (χ3v) is 4.73. The highest BCUT2D eigenvalue weighted by Crippen LogP contribution is 2.41. The summed E-state index contributed by atoms with van der Waals surface area (Å²) in [5, 5.41) is 19.9. The van der Waals surface area contributed by atoms with Crippen molar-refractivity contribution in [1.29, 1.82) is 0 Å². The van der Waals surface area contributed by atoms with Crippen LogP contribution in [0.5, 0.6) is 0 Å². The molecule has 0 fully saturated rings. The van der Waals surface area contributed by atoms with Gasteiger partial charge in [0, 0.05) is 6.61 Å². The normalized spacial score (nSPS) is 20.1. The second kappa shape index (κ2) is 6.64. The van der Waals surface area contributed by atoms with Crippen LogP contribution < -0.4 is 0 Å².